The molecule has 0 atom stereocenters. The lowest BCUT2D eigenvalue weighted by Crippen LogP contribution is -2.11. The fourth-order valence-electron chi connectivity index (χ4n) is 2.68. The van der Waals surface area contributed by atoms with Crippen LogP contribution in [0.1, 0.15) is 31.0 Å². The van der Waals surface area contributed by atoms with E-state index in [1.165, 1.54) is 24.1 Å². The van der Waals surface area contributed by atoms with Crippen molar-refractivity contribution in [1.82, 2.24) is 9.97 Å². The van der Waals surface area contributed by atoms with Gasteiger partial charge in [-0.15, -0.1) is 0 Å². The molecule has 0 aliphatic heterocycles. The molecule has 0 saturated carbocycles. The Bertz CT molecular complexity index is 643. The molecule has 2 aromatic rings. The number of ether oxygens (including phenoxy) is 1. The Morgan fingerprint density at radius 3 is 2.64 bits per heavy atom. The quantitative estimate of drug-likeness (QED) is 0.661. The zero-order chi connectivity index (χ0) is 15.4. The van der Waals surface area contributed by atoms with Crippen LogP contribution < -0.4 is 10.1 Å². The van der Waals surface area contributed by atoms with Gasteiger partial charge >= 0.3 is 0 Å². The van der Waals surface area contributed by atoms with Crippen LogP contribution in [0.25, 0.3) is 0 Å². The highest BCUT2D eigenvalue weighted by atomic mass is 32.2. The first kappa shape index (κ1) is 15.2. The number of hydrogen-bond acceptors (Lipinski definition) is 5. The van der Waals surface area contributed by atoms with E-state index in [4.69, 9.17) is 14.7 Å². The molecule has 0 amide bonds. The largest absolute Gasteiger partial charge is 0.497 e. The number of anilines is 2. The minimum absolute atomic E-state index is 0.859. The van der Waals surface area contributed by atoms with Crippen molar-refractivity contribution >= 4 is 23.3 Å². The molecule has 1 aliphatic carbocycles. The Kier molecular flexibility index (Phi) is 4.83. The summed E-state index contributed by atoms with van der Waals surface area (Å²) in [6, 6.07) is 7.95. The third kappa shape index (κ3) is 3.35. The lowest BCUT2D eigenvalue weighted by Gasteiger charge is -2.19. The number of hydrogen-bond donors (Lipinski definition) is 1. The van der Waals surface area contributed by atoms with Crippen LogP contribution in [0.5, 0.6) is 5.75 Å². The lowest BCUT2D eigenvalue weighted by molar-refractivity contribution is 0.415. The van der Waals surface area contributed by atoms with Crippen LogP contribution in [0, 0.1) is 0 Å². The van der Waals surface area contributed by atoms with Gasteiger partial charge in [-0.1, -0.05) is 18.7 Å². The van der Waals surface area contributed by atoms with E-state index in [1.807, 2.05) is 24.3 Å². The van der Waals surface area contributed by atoms with E-state index in [2.05, 4.69) is 12.2 Å². The number of aryl methyl sites for hydroxylation is 1. The highest BCUT2D eigenvalue weighted by Gasteiger charge is 2.18. The number of methoxy groups -OCH3 is 1. The van der Waals surface area contributed by atoms with Crippen molar-refractivity contribution in [2.75, 3.05) is 18.2 Å². The Labute approximate surface area is 135 Å². The van der Waals surface area contributed by atoms with Crippen LogP contribution >= 0.6 is 11.8 Å². The van der Waals surface area contributed by atoms with E-state index in [9.17, 15) is 0 Å². The van der Waals surface area contributed by atoms with Crippen LogP contribution in [0.4, 0.5) is 11.5 Å². The third-order valence-electron chi connectivity index (χ3n) is 3.79. The number of nitrogens with zero attached hydrogens (tertiary/aromatic N) is 2. The van der Waals surface area contributed by atoms with Crippen molar-refractivity contribution in [1.29, 1.82) is 0 Å². The normalized spacial score (nSPS) is 13.5. The molecule has 1 N–H and O–H groups in total. The Balaban J connectivity index is 1.91. The predicted molar refractivity (Wildman–Crippen MR) is 91.3 cm³/mol. The van der Waals surface area contributed by atoms with Gasteiger partial charge in [-0.25, -0.2) is 9.97 Å². The summed E-state index contributed by atoms with van der Waals surface area (Å²) < 4.78 is 5.20. The first-order valence-electron chi connectivity index (χ1n) is 7.74. The van der Waals surface area contributed by atoms with Crippen LogP contribution in [-0.4, -0.2) is 22.8 Å². The zero-order valence-electron chi connectivity index (χ0n) is 13.1. The van der Waals surface area contributed by atoms with Gasteiger partial charge in [-0.2, -0.15) is 0 Å². The number of nitrogens with one attached hydrogen (secondary N) is 1. The zero-order valence-corrected chi connectivity index (χ0v) is 13.9. The smallest absolute Gasteiger partial charge is 0.189 e. The Morgan fingerprint density at radius 2 is 1.91 bits per heavy atom. The summed E-state index contributed by atoms with van der Waals surface area (Å²) in [5.74, 6) is 2.81. The molecule has 0 radical (unpaired) electrons. The molecule has 0 unspecified atom stereocenters. The van der Waals surface area contributed by atoms with E-state index >= 15 is 0 Å². The van der Waals surface area contributed by atoms with Crippen molar-refractivity contribution in [2.24, 2.45) is 0 Å². The number of benzene rings is 1. The SMILES string of the molecule is CCSc1nc2c(c(Nc3ccc(OC)cc3)n1)CCCC2. The van der Waals surface area contributed by atoms with Gasteiger partial charge < -0.3 is 10.1 Å². The van der Waals surface area contributed by atoms with Crippen LogP contribution in [0.3, 0.4) is 0 Å². The summed E-state index contributed by atoms with van der Waals surface area (Å²) >= 11 is 1.70. The maximum absolute atomic E-state index is 5.20. The topological polar surface area (TPSA) is 47.0 Å². The maximum atomic E-state index is 5.20. The molecule has 0 bridgehead atoms. The molecule has 22 heavy (non-hydrogen) atoms. The fraction of sp³-hybridized carbons (Fsp3) is 0.412. The van der Waals surface area contributed by atoms with Gasteiger partial charge in [0, 0.05) is 11.3 Å². The van der Waals surface area contributed by atoms with Crippen molar-refractivity contribution in [3.8, 4) is 5.75 Å². The third-order valence-corrected chi connectivity index (χ3v) is 4.52. The van der Waals surface area contributed by atoms with Gasteiger partial charge in [0.05, 0.1) is 12.8 Å². The second kappa shape index (κ2) is 7.01. The molecule has 1 aromatic heterocycles. The summed E-state index contributed by atoms with van der Waals surface area (Å²) in [7, 11) is 1.68. The number of aromatic nitrogens is 2. The summed E-state index contributed by atoms with van der Waals surface area (Å²) in [6.07, 6.45) is 4.56. The summed E-state index contributed by atoms with van der Waals surface area (Å²) in [5.41, 5.74) is 3.52. The van der Waals surface area contributed by atoms with E-state index in [0.717, 1.165) is 41.0 Å². The molecule has 1 aromatic carbocycles. The van der Waals surface area contributed by atoms with Crippen molar-refractivity contribution < 1.29 is 4.74 Å². The van der Waals surface area contributed by atoms with Gasteiger partial charge in [0.2, 0.25) is 0 Å². The summed E-state index contributed by atoms with van der Waals surface area (Å²) in [5, 5.41) is 4.34. The number of thioether (sulfide) groups is 1. The van der Waals surface area contributed by atoms with Crippen LogP contribution in [0.15, 0.2) is 29.4 Å². The van der Waals surface area contributed by atoms with E-state index in [-0.39, 0.29) is 0 Å². The van der Waals surface area contributed by atoms with Gasteiger partial charge in [0.1, 0.15) is 11.6 Å². The van der Waals surface area contributed by atoms with Gasteiger partial charge in [0.25, 0.3) is 0 Å². The molecular formula is C17H21N3OS. The number of fused-ring (bicyclic) bond motifs is 1. The van der Waals surface area contributed by atoms with Crippen LogP contribution in [-0.2, 0) is 12.8 Å². The molecule has 116 valence electrons. The molecule has 0 saturated heterocycles. The van der Waals surface area contributed by atoms with Crippen LogP contribution in [0.2, 0.25) is 0 Å². The molecule has 0 spiro atoms. The van der Waals surface area contributed by atoms with E-state index < -0.39 is 0 Å². The minimum Gasteiger partial charge on any atom is -0.497 e. The van der Waals surface area contributed by atoms with E-state index in [0.29, 0.717) is 0 Å². The first-order valence-corrected chi connectivity index (χ1v) is 8.72. The standard InChI is InChI=1S/C17H21N3OS/c1-3-22-17-19-15-7-5-4-6-14(15)16(20-17)18-12-8-10-13(21-2)11-9-12/h8-11H,3-7H2,1-2H3,(H,18,19,20). The maximum Gasteiger partial charge on any atom is 0.189 e. The lowest BCUT2D eigenvalue weighted by atomic mass is 9.96. The average molecular weight is 315 g/mol. The molecule has 5 heteroatoms. The first-order chi connectivity index (χ1) is 10.8. The van der Waals surface area contributed by atoms with E-state index in [1.54, 1.807) is 18.9 Å². The highest BCUT2D eigenvalue weighted by Crippen LogP contribution is 2.30. The number of rotatable bonds is 5. The Hall–Kier alpha value is -1.75. The molecule has 1 heterocycles. The van der Waals surface area contributed by atoms with Crippen molar-refractivity contribution in [2.45, 2.75) is 37.8 Å². The molecule has 3 rings (SSSR count). The second-order valence-corrected chi connectivity index (χ2v) is 6.50. The molecule has 4 nitrogen and oxygen atoms in total. The van der Waals surface area contributed by atoms with Gasteiger partial charge in [-0.3, -0.25) is 0 Å². The highest BCUT2D eigenvalue weighted by molar-refractivity contribution is 7.99. The van der Waals surface area contributed by atoms with Crippen molar-refractivity contribution in [3.63, 3.8) is 0 Å². The average Bonchev–Trinajstić information content (AvgIpc) is 2.56. The summed E-state index contributed by atoms with van der Waals surface area (Å²) in [4.78, 5) is 9.45. The van der Waals surface area contributed by atoms with Gasteiger partial charge in [0.15, 0.2) is 5.16 Å². The molecule has 1 aliphatic rings. The Morgan fingerprint density at radius 1 is 1.14 bits per heavy atom. The minimum atomic E-state index is 0.859. The molecular weight excluding hydrogens is 294 g/mol. The van der Waals surface area contributed by atoms with Gasteiger partial charge in [-0.05, 0) is 55.7 Å². The van der Waals surface area contributed by atoms with Crippen molar-refractivity contribution in [3.05, 3.63) is 35.5 Å². The molecule has 0 fully saturated rings. The fourth-order valence-corrected chi connectivity index (χ4v) is 3.27. The predicted octanol–water partition coefficient (Wildman–Crippen LogP) is 4.22. The summed E-state index contributed by atoms with van der Waals surface area (Å²) in [6.45, 7) is 2.13. The second-order valence-electron chi connectivity index (χ2n) is 5.27. The monoisotopic (exact) mass is 315 g/mol.